The van der Waals surface area contributed by atoms with Crippen molar-refractivity contribution in [2.45, 2.75) is 19.5 Å². The lowest BCUT2D eigenvalue weighted by molar-refractivity contribution is 0.180. The van der Waals surface area contributed by atoms with Crippen LogP contribution in [0.25, 0.3) is 28.1 Å². The highest BCUT2D eigenvalue weighted by Crippen LogP contribution is 2.30. The summed E-state index contributed by atoms with van der Waals surface area (Å²) in [7, 11) is 0. The molecular weight excluding hydrogens is 436 g/mol. The van der Waals surface area contributed by atoms with Crippen molar-refractivity contribution in [2.24, 2.45) is 0 Å². The molecule has 1 atom stereocenters. The van der Waals surface area contributed by atoms with Crippen molar-refractivity contribution in [1.29, 1.82) is 0 Å². The van der Waals surface area contributed by atoms with E-state index < -0.39 is 0 Å². The number of nitrogens with zero attached hydrogens (tertiary/aromatic N) is 6. The molecule has 1 aliphatic heterocycles. The van der Waals surface area contributed by atoms with Gasteiger partial charge in [0.1, 0.15) is 0 Å². The Balaban J connectivity index is 1.38. The van der Waals surface area contributed by atoms with E-state index in [9.17, 15) is 0 Å². The average Bonchev–Trinajstić information content (AvgIpc) is 3.50. The maximum Gasteiger partial charge on any atom is 0.213 e. The second-order valence-corrected chi connectivity index (χ2v) is 8.92. The molecule has 166 valence electrons. The minimum atomic E-state index is 0.338. The molecule has 0 amide bonds. The van der Waals surface area contributed by atoms with Crippen molar-refractivity contribution < 1.29 is 4.42 Å². The van der Waals surface area contributed by atoms with Gasteiger partial charge in [0.2, 0.25) is 11.8 Å². The minimum absolute atomic E-state index is 0.338. The third-order valence-corrected chi connectivity index (χ3v) is 6.53. The van der Waals surface area contributed by atoms with E-state index in [4.69, 9.17) is 21.0 Å². The smallest absolute Gasteiger partial charge is 0.213 e. The lowest BCUT2D eigenvalue weighted by Gasteiger charge is -2.40. The van der Waals surface area contributed by atoms with Crippen LogP contribution < -0.4 is 4.90 Å². The summed E-state index contributed by atoms with van der Waals surface area (Å²) in [4.78, 5) is 9.87. The van der Waals surface area contributed by atoms with Gasteiger partial charge in [0, 0.05) is 42.6 Å². The summed E-state index contributed by atoms with van der Waals surface area (Å²) in [5.74, 6) is 2.18. The van der Waals surface area contributed by atoms with Crippen LogP contribution in [0.2, 0.25) is 5.02 Å². The van der Waals surface area contributed by atoms with Gasteiger partial charge in [-0.3, -0.25) is 4.90 Å². The number of rotatable bonds is 4. The number of para-hydroxylation sites is 1. The van der Waals surface area contributed by atoms with E-state index in [1.165, 1.54) is 5.56 Å². The summed E-state index contributed by atoms with van der Waals surface area (Å²) in [5.41, 5.74) is 2.93. The van der Waals surface area contributed by atoms with E-state index in [2.05, 4.69) is 33.0 Å². The maximum absolute atomic E-state index is 6.19. The highest BCUT2D eigenvalue weighted by Gasteiger charge is 2.28. The first-order valence-corrected chi connectivity index (χ1v) is 11.5. The van der Waals surface area contributed by atoms with Crippen LogP contribution in [-0.4, -0.2) is 50.2 Å². The van der Waals surface area contributed by atoms with Crippen molar-refractivity contribution in [2.75, 3.05) is 24.5 Å². The molecule has 5 aromatic rings. The summed E-state index contributed by atoms with van der Waals surface area (Å²) in [6.45, 7) is 5.74. The van der Waals surface area contributed by atoms with E-state index in [1.54, 1.807) is 6.26 Å². The summed E-state index contributed by atoms with van der Waals surface area (Å²) in [6, 6.07) is 20.3. The van der Waals surface area contributed by atoms with Crippen LogP contribution in [0.15, 0.2) is 71.3 Å². The zero-order valence-corrected chi connectivity index (χ0v) is 19.0. The number of halogens is 1. The third-order valence-electron chi connectivity index (χ3n) is 6.29. The fraction of sp³-hybridized carbons (Fsp3) is 0.240. The first-order valence-electron chi connectivity index (χ1n) is 11.1. The summed E-state index contributed by atoms with van der Waals surface area (Å²) in [5, 5.41) is 10.7. The molecule has 2 aromatic carbocycles. The molecule has 1 aliphatic rings. The Bertz CT molecular complexity index is 1430. The lowest BCUT2D eigenvalue weighted by atomic mass is 10.1. The average molecular weight is 459 g/mol. The number of furan rings is 1. The van der Waals surface area contributed by atoms with E-state index in [0.717, 1.165) is 53.7 Å². The van der Waals surface area contributed by atoms with Crippen molar-refractivity contribution in [3.8, 4) is 11.6 Å². The molecule has 8 heteroatoms. The van der Waals surface area contributed by atoms with Crippen LogP contribution in [0.3, 0.4) is 0 Å². The summed E-state index contributed by atoms with van der Waals surface area (Å²) in [6.07, 6.45) is 1.65. The molecular formula is C25H23ClN6O. The van der Waals surface area contributed by atoms with Gasteiger partial charge in [-0.05, 0) is 48.9 Å². The minimum Gasteiger partial charge on any atom is -0.461 e. The van der Waals surface area contributed by atoms with Crippen molar-refractivity contribution in [3.63, 3.8) is 0 Å². The second-order valence-electron chi connectivity index (χ2n) is 8.48. The molecule has 0 spiro atoms. The monoisotopic (exact) mass is 458 g/mol. The van der Waals surface area contributed by atoms with Gasteiger partial charge >= 0.3 is 0 Å². The van der Waals surface area contributed by atoms with Crippen LogP contribution >= 0.6 is 11.6 Å². The Hall–Kier alpha value is -3.42. The molecule has 0 N–H and O–H groups in total. The van der Waals surface area contributed by atoms with Gasteiger partial charge in [-0.1, -0.05) is 35.9 Å². The van der Waals surface area contributed by atoms with Gasteiger partial charge in [0.15, 0.2) is 11.4 Å². The number of piperazine rings is 1. The number of fused-ring (bicyclic) bond motifs is 3. The predicted molar refractivity (Wildman–Crippen MR) is 130 cm³/mol. The van der Waals surface area contributed by atoms with Crippen molar-refractivity contribution in [1.82, 2.24) is 24.5 Å². The molecule has 0 bridgehead atoms. The molecule has 1 fully saturated rings. The van der Waals surface area contributed by atoms with Crippen LogP contribution in [0.1, 0.15) is 12.5 Å². The molecule has 7 nitrogen and oxygen atoms in total. The number of benzene rings is 2. The Morgan fingerprint density at radius 1 is 1.03 bits per heavy atom. The Labute approximate surface area is 196 Å². The molecule has 0 saturated carbocycles. The SMILES string of the molecule is C[C@H]1CN(c2nc3ccccc3c3nnc(-c4ccco4)n23)CCN1Cc1cccc(Cl)c1. The maximum atomic E-state index is 6.19. The van der Waals surface area contributed by atoms with Crippen LogP contribution in [0, 0.1) is 0 Å². The Morgan fingerprint density at radius 3 is 2.76 bits per heavy atom. The molecule has 3 aromatic heterocycles. The van der Waals surface area contributed by atoms with E-state index in [1.807, 2.05) is 59.0 Å². The summed E-state index contributed by atoms with van der Waals surface area (Å²) < 4.78 is 7.69. The highest BCUT2D eigenvalue weighted by molar-refractivity contribution is 6.30. The van der Waals surface area contributed by atoms with E-state index >= 15 is 0 Å². The molecule has 33 heavy (non-hydrogen) atoms. The zero-order valence-electron chi connectivity index (χ0n) is 18.2. The number of hydrogen-bond acceptors (Lipinski definition) is 6. The van der Waals surface area contributed by atoms with Gasteiger partial charge in [-0.15, -0.1) is 10.2 Å². The normalized spacial score (nSPS) is 17.3. The first-order chi connectivity index (χ1) is 16.2. The quantitative estimate of drug-likeness (QED) is 0.381. The van der Waals surface area contributed by atoms with Gasteiger partial charge in [-0.2, -0.15) is 0 Å². The summed E-state index contributed by atoms with van der Waals surface area (Å²) >= 11 is 6.19. The van der Waals surface area contributed by atoms with E-state index in [0.29, 0.717) is 17.6 Å². The Kier molecular flexibility index (Phi) is 5.00. The molecule has 4 heterocycles. The van der Waals surface area contributed by atoms with Gasteiger partial charge in [0.05, 0.1) is 11.8 Å². The second kappa shape index (κ2) is 8.17. The lowest BCUT2D eigenvalue weighted by Crippen LogP contribution is -2.52. The standard InChI is InChI=1S/C25H23ClN6O/c1-17-15-31(12-11-30(17)16-18-6-4-7-19(26)14-18)25-27-21-9-3-2-8-20(21)23-28-29-24(32(23)25)22-10-5-13-33-22/h2-10,13-14,17H,11-12,15-16H2,1H3/t17-/m0/s1. The number of anilines is 1. The molecule has 6 rings (SSSR count). The predicted octanol–water partition coefficient (Wildman–Crippen LogP) is 4.90. The number of aromatic nitrogens is 4. The first kappa shape index (κ1) is 20.2. The largest absolute Gasteiger partial charge is 0.461 e. The van der Waals surface area contributed by atoms with E-state index in [-0.39, 0.29) is 0 Å². The number of hydrogen-bond donors (Lipinski definition) is 0. The van der Waals surface area contributed by atoms with Gasteiger partial charge < -0.3 is 9.32 Å². The molecule has 0 unspecified atom stereocenters. The highest BCUT2D eigenvalue weighted by atomic mass is 35.5. The molecule has 0 radical (unpaired) electrons. The van der Waals surface area contributed by atoms with Crippen molar-refractivity contribution in [3.05, 3.63) is 77.5 Å². The van der Waals surface area contributed by atoms with Crippen molar-refractivity contribution >= 4 is 34.1 Å². The zero-order chi connectivity index (χ0) is 22.4. The topological polar surface area (TPSA) is 62.7 Å². The van der Waals surface area contributed by atoms with Gasteiger partial charge in [-0.25, -0.2) is 9.38 Å². The van der Waals surface area contributed by atoms with Crippen LogP contribution in [0.5, 0.6) is 0 Å². The third kappa shape index (κ3) is 3.63. The van der Waals surface area contributed by atoms with Crippen LogP contribution in [0.4, 0.5) is 5.95 Å². The van der Waals surface area contributed by atoms with Gasteiger partial charge in [0.25, 0.3) is 0 Å². The Morgan fingerprint density at radius 2 is 1.94 bits per heavy atom. The fourth-order valence-electron chi connectivity index (χ4n) is 4.63. The fourth-order valence-corrected chi connectivity index (χ4v) is 4.84. The molecule has 0 aliphatic carbocycles. The molecule has 1 saturated heterocycles. The van der Waals surface area contributed by atoms with Crippen LogP contribution in [-0.2, 0) is 6.54 Å².